The maximum atomic E-state index is 11.1. The van der Waals surface area contributed by atoms with E-state index in [0.29, 0.717) is 11.3 Å². The van der Waals surface area contributed by atoms with Crippen molar-refractivity contribution < 1.29 is 19.1 Å². The average Bonchev–Trinajstić information content (AvgIpc) is 2.45. The van der Waals surface area contributed by atoms with Crippen molar-refractivity contribution in [1.82, 2.24) is 0 Å². The molecule has 0 aromatic carbocycles. The van der Waals surface area contributed by atoms with Gasteiger partial charge in [-0.1, -0.05) is 0 Å². The smallest absolute Gasteiger partial charge is 0.315 e. The molecule has 1 saturated carbocycles. The second-order valence-electron chi connectivity index (χ2n) is 3.67. The van der Waals surface area contributed by atoms with Crippen LogP contribution in [0.15, 0.2) is 16.7 Å². The molecule has 1 aromatic heterocycles. The molecule has 1 heterocycles. The van der Waals surface area contributed by atoms with Gasteiger partial charge in [-0.05, 0) is 13.0 Å². The van der Waals surface area contributed by atoms with Gasteiger partial charge < -0.3 is 9.52 Å². The Morgan fingerprint density at radius 1 is 1.57 bits per heavy atom. The van der Waals surface area contributed by atoms with Crippen molar-refractivity contribution in [1.29, 1.82) is 0 Å². The third kappa shape index (κ3) is 0.999. The highest BCUT2D eigenvalue weighted by molar-refractivity contribution is 6.01. The number of Topliss-reactive ketones (excluding diaryl/α,β-unsaturated/α-hetero) is 1. The molecule has 0 amide bonds. The van der Waals surface area contributed by atoms with Crippen molar-refractivity contribution in [3.05, 3.63) is 23.7 Å². The molecule has 0 bridgehead atoms. The van der Waals surface area contributed by atoms with Crippen LogP contribution in [0.1, 0.15) is 24.2 Å². The van der Waals surface area contributed by atoms with Gasteiger partial charge in [0.25, 0.3) is 0 Å². The van der Waals surface area contributed by atoms with Crippen LogP contribution in [0, 0.1) is 6.92 Å². The highest BCUT2D eigenvalue weighted by atomic mass is 16.4. The number of carbonyl (C=O) groups is 2. The highest BCUT2D eigenvalue weighted by Crippen LogP contribution is 2.43. The molecule has 1 aliphatic carbocycles. The summed E-state index contributed by atoms with van der Waals surface area (Å²) in [5, 5.41) is 9.10. The normalized spacial score (nSPS) is 19.1. The van der Waals surface area contributed by atoms with Gasteiger partial charge in [0.05, 0.1) is 6.26 Å². The zero-order valence-electron chi connectivity index (χ0n) is 7.74. The van der Waals surface area contributed by atoms with Gasteiger partial charge in [-0.2, -0.15) is 0 Å². The van der Waals surface area contributed by atoms with E-state index < -0.39 is 11.4 Å². The lowest BCUT2D eigenvalue weighted by Gasteiger charge is -2.35. The summed E-state index contributed by atoms with van der Waals surface area (Å²) in [6.07, 6.45) is 1.63. The summed E-state index contributed by atoms with van der Waals surface area (Å²) in [6, 6.07) is 1.63. The molecule has 74 valence electrons. The molecule has 1 fully saturated rings. The van der Waals surface area contributed by atoms with E-state index in [4.69, 9.17) is 9.52 Å². The molecule has 1 N–H and O–H groups in total. The SMILES string of the molecule is Cc1occc1C1(C(=O)O)CC(=O)C1. The van der Waals surface area contributed by atoms with E-state index in [1.165, 1.54) is 6.26 Å². The maximum absolute atomic E-state index is 11.1. The van der Waals surface area contributed by atoms with Crippen molar-refractivity contribution in [3.8, 4) is 0 Å². The predicted molar refractivity (Wildman–Crippen MR) is 47.0 cm³/mol. The quantitative estimate of drug-likeness (QED) is 0.769. The highest BCUT2D eigenvalue weighted by Gasteiger charge is 2.52. The molecule has 1 aromatic rings. The Kier molecular flexibility index (Phi) is 1.74. The van der Waals surface area contributed by atoms with Crippen LogP contribution in [0.25, 0.3) is 0 Å². The lowest BCUT2D eigenvalue weighted by molar-refractivity contribution is -0.153. The van der Waals surface area contributed by atoms with Gasteiger partial charge in [0.15, 0.2) is 0 Å². The van der Waals surface area contributed by atoms with Crippen LogP contribution in [0.2, 0.25) is 0 Å². The molecule has 0 saturated heterocycles. The predicted octanol–water partition coefficient (Wildman–Crippen LogP) is 1.27. The summed E-state index contributed by atoms with van der Waals surface area (Å²) in [6.45, 7) is 1.71. The van der Waals surface area contributed by atoms with Crippen LogP contribution < -0.4 is 0 Å². The Morgan fingerprint density at radius 2 is 2.21 bits per heavy atom. The van der Waals surface area contributed by atoms with Gasteiger partial charge in [0.1, 0.15) is 17.0 Å². The zero-order chi connectivity index (χ0) is 10.3. The van der Waals surface area contributed by atoms with Gasteiger partial charge in [0.2, 0.25) is 0 Å². The monoisotopic (exact) mass is 194 g/mol. The van der Waals surface area contributed by atoms with Crippen molar-refractivity contribution in [2.75, 3.05) is 0 Å². The number of aryl methyl sites for hydroxylation is 1. The number of furan rings is 1. The molecular weight excluding hydrogens is 184 g/mol. The fourth-order valence-corrected chi connectivity index (χ4v) is 1.96. The minimum atomic E-state index is -1.02. The third-order valence-corrected chi connectivity index (χ3v) is 2.78. The second-order valence-corrected chi connectivity index (χ2v) is 3.67. The summed E-state index contributed by atoms with van der Waals surface area (Å²) >= 11 is 0. The van der Waals surface area contributed by atoms with Crippen LogP contribution >= 0.6 is 0 Å². The van der Waals surface area contributed by atoms with Crippen molar-refractivity contribution in [2.45, 2.75) is 25.2 Å². The maximum Gasteiger partial charge on any atom is 0.315 e. The van der Waals surface area contributed by atoms with E-state index >= 15 is 0 Å². The molecule has 4 heteroatoms. The van der Waals surface area contributed by atoms with Crippen LogP contribution in [0.5, 0.6) is 0 Å². The number of carboxylic acid groups (broad SMARTS) is 1. The Balaban J connectivity index is 2.44. The van der Waals surface area contributed by atoms with E-state index in [0.717, 1.165) is 0 Å². The second kappa shape index (κ2) is 2.70. The molecule has 0 radical (unpaired) electrons. The number of carbonyl (C=O) groups excluding carboxylic acids is 1. The summed E-state index contributed by atoms with van der Waals surface area (Å²) in [7, 11) is 0. The molecule has 14 heavy (non-hydrogen) atoms. The van der Waals surface area contributed by atoms with E-state index in [2.05, 4.69) is 0 Å². The molecule has 2 rings (SSSR count). The van der Waals surface area contributed by atoms with Crippen LogP contribution in [0.3, 0.4) is 0 Å². The van der Waals surface area contributed by atoms with Gasteiger partial charge in [0, 0.05) is 18.4 Å². The Morgan fingerprint density at radius 3 is 2.57 bits per heavy atom. The zero-order valence-corrected chi connectivity index (χ0v) is 7.74. The van der Waals surface area contributed by atoms with Gasteiger partial charge in [-0.15, -0.1) is 0 Å². The summed E-state index contributed by atoms with van der Waals surface area (Å²) in [5.74, 6) is -0.366. The van der Waals surface area contributed by atoms with E-state index in [1.54, 1.807) is 13.0 Å². The first-order chi connectivity index (χ1) is 6.56. The topological polar surface area (TPSA) is 67.5 Å². The fraction of sp³-hybridized carbons (Fsp3) is 0.400. The van der Waals surface area contributed by atoms with Crippen LogP contribution in [0.4, 0.5) is 0 Å². The first-order valence-corrected chi connectivity index (χ1v) is 4.36. The number of hydrogen-bond donors (Lipinski definition) is 1. The molecule has 0 unspecified atom stereocenters. The minimum Gasteiger partial charge on any atom is -0.481 e. The molecule has 0 atom stereocenters. The van der Waals surface area contributed by atoms with Crippen molar-refractivity contribution in [2.24, 2.45) is 0 Å². The largest absolute Gasteiger partial charge is 0.481 e. The third-order valence-electron chi connectivity index (χ3n) is 2.78. The molecule has 4 nitrogen and oxygen atoms in total. The Labute approximate surface area is 80.5 Å². The number of carboxylic acids is 1. The van der Waals surface area contributed by atoms with Gasteiger partial charge in [-0.25, -0.2) is 0 Å². The Hall–Kier alpha value is -1.58. The summed E-state index contributed by atoms with van der Waals surface area (Å²) in [4.78, 5) is 22.0. The standard InChI is InChI=1S/C10H10O4/c1-6-8(2-3-14-6)10(9(12)13)4-7(11)5-10/h2-3H,4-5H2,1H3,(H,12,13). The number of ketones is 1. The number of aliphatic carboxylic acids is 1. The van der Waals surface area contributed by atoms with E-state index in [1.807, 2.05) is 0 Å². The van der Waals surface area contributed by atoms with Crippen LogP contribution in [-0.4, -0.2) is 16.9 Å². The average molecular weight is 194 g/mol. The number of rotatable bonds is 2. The fourth-order valence-electron chi connectivity index (χ4n) is 1.96. The Bertz CT molecular complexity index is 394. The first-order valence-electron chi connectivity index (χ1n) is 4.36. The van der Waals surface area contributed by atoms with Crippen LogP contribution in [-0.2, 0) is 15.0 Å². The molecule has 0 aliphatic heterocycles. The van der Waals surface area contributed by atoms with E-state index in [9.17, 15) is 9.59 Å². The summed E-state index contributed by atoms with van der Waals surface area (Å²) < 4.78 is 5.06. The number of hydrogen-bond acceptors (Lipinski definition) is 3. The molecular formula is C10H10O4. The van der Waals surface area contributed by atoms with E-state index in [-0.39, 0.29) is 18.6 Å². The molecule has 1 aliphatic rings. The van der Waals surface area contributed by atoms with Crippen molar-refractivity contribution >= 4 is 11.8 Å². The first kappa shape index (κ1) is 8.99. The van der Waals surface area contributed by atoms with Gasteiger partial charge in [-0.3, -0.25) is 9.59 Å². The lowest BCUT2D eigenvalue weighted by Crippen LogP contribution is -2.48. The van der Waals surface area contributed by atoms with Gasteiger partial charge >= 0.3 is 5.97 Å². The molecule has 0 spiro atoms. The summed E-state index contributed by atoms with van der Waals surface area (Å²) in [5.41, 5.74) is -0.390. The van der Waals surface area contributed by atoms with Crippen molar-refractivity contribution in [3.63, 3.8) is 0 Å². The lowest BCUT2D eigenvalue weighted by atomic mass is 9.63. The minimum absolute atomic E-state index is 0.00648.